The van der Waals surface area contributed by atoms with Crippen LogP contribution in [0.15, 0.2) is 146 Å². The van der Waals surface area contributed by atoms with Crippen LogP contribution in [0.2, 0.25) is 0 Å². The summed E-state index contributed by atoms with van der Waals surface area (Å²) in [6.45, 7) is 0.168. The minimum atomic E-state index is -1.00. The predicted octanol–water partition coefficient (Wildman–Crippen LogP) is 9.95. The summed E-state index contributed by atoms with van der Waals surface area (Å²) in [5.41, 5.74) is 2.91. The topological polar surface area (TPSA) is 57.2 Å². The lowest BCUT2D eigenvalue weighted by molar-refractivity contribution is -0.0826. The van der Waals surface area contributed by atoms with Gasteiger partial charge in [-0.05, 0) is 89.6 Å². The van der Waals surface area contributed by atoms with Gasteiger partial charge >= 0.3 is 0 Å². The van der Waals surface area contributed by atoms with E-state index in [1.807, 2.05) is 66.7 Å². The van der Waals surface area contributed by atoms with Crippen LogP contribution >= 0.6 is 0 Å². The van der Waals surface area contributed by atoms with Crippen LogP contribution in [-0.2, 0) is 15.1 Å². The molecule has 0 aromatic heterocycles. The van der Waals surface area contributed by atoms with Crippen molar-refractivity contribution >= 4 is 43.1 Å². The Balaban J connectivity index is 1.10. The van der Waals surface area contributed by atoms with Crippen molar-refractivity contribution in [1.82, 2.24) is 0 Å². The first-order valence-corrected chi connectivity index (χ1v) is 17.5. The van der Waals surface area contributed by atoms with E-state index in [9.17, 15) is 5.11 Å². The van der Waals surface area contributed by atoms with E-state index in [0.29, 0.717) is 6.42 Å². The van der Waals surface area contributed by atoms with E-state index in [0.717, 1.165) is 39.1 Å². The fourth-order valence-corrected chi connectivity index (χ4v) is 8.31. The molecule has 0 radical (unpaired) electrons. The fraction of sp³-hybridized carbons (Fsp3) is 0.174. The second kappa shape index (κ2) is 12.7. The molecule has 9 rings (SSSR count). The van der Waals surface area contributed by atoms with Crippen LogP contribution in [-0.4, -0.2) is 38.1 Å². The Morgan fingerprint density at radius 2 is 1.10 bits per heavy atom. The molecule has 51 heavy (non-hydrogen) atoms. The van der Waals surface area contributed by atoms with Gasteiger partial charge in [0.15, 0.2) is 0 Å². The van der Waals surface area contributed by atoms with Gasteiger partial charge in [0.2, 0.25) is 0 Å². The number of ether oxygens (including phenoxy) is 4. The number of fused-ring (bicyclic) bond motifs is 2. The van der Waals surface area contributed by atoms with Gasteiger partial charge in [-0.3, -0.25) is 0 Å². The van der Waals surface area contributed by atoms with Gasteiger partial charge in [-0.2, -0.15) is 0 Å². The first-order valence-electron chi connectivity index (χ1n) is 17.5. The summed E-state index contributed by atoms with van der Waals surface area (Å²) in [6, 6.07) is 50.3. The molecule has 0 amide bonds. The SMILES string of the molecule is COc1ccc(C(OC[C@H]2O[C@@H](c3ccc4c5cccc6cccc(c7cccc3c74)c65)C[C@@H]2O)(c2ccccc2)c2ccc(OC)cc2)cc1. The molecule has 1 heterocycles. The molecular weight excluding hydrogens is 633 g/mol. The highest BCUT2D eigenvalue weighted by Crippen LogP contribution is 2.46. The van der Waals surface area contributed by atoms with E-state index in [1.54, 1.807) is 14.2 Å². The largest absolute Gasteiger partial charge is 0.497 e. The lowest BCUT2D eigenvalue weighted by Crippen LogP contribution is -2.38. The average Bonchev–Trinajstić information content (AvgIpc) is 3.57. The molecule has 8 aromatic rings. The molecule has 252 valence electrons. The lowest BCUT2D eigenvalue weighted by atomic mass is 9.80. The van der Waals surface area contributed by atoms with Gasteiger partial charge in [0.25, 0.3) is 0 Å². The Labute approximate surface area is 296 Å². The van der Waals surface area contributed by atoms with E-state index < -0.39 is 17.8 Å². The zero-order chi connectivity index (χ0) is 34.5. The van der Waals surface area contributed by atoms with Gasteiger partial charge in [-0.1, -0.05) is 121 Å². The monoisotopic (exact) mass is 670 g/mol. The molecule has 0 unspecified atom stereocenters. The number of hydrogen-bond donors (Lipinski definition) is 1. The summed E-state index contributed by atoms with van der Waals surface area (Å²) in [7, 11) is 3.33. The van der Waals surface area contributed by atoms with E-state index in [1.165, 1.54) is 37.7 Å². The standard InChI is InChI=1S/C46H38O5/c1-48-33-21-17-31(18-22-33)46(30-11-4-3-5-12-30,32-19-23-34(49-2)24-20-32)50-28-43-41(47)27-42(51-43)35-25-26-40-38-14-7-10-29-9-6-13-37(44(29)38)39-16-8-15-36(35)45(39)40/h3-26,41-43,47H,27-28H2,1-2H3/t41-,42+,43+/m0/s1. The van der Waals surface area contributed by atoms with Crippen LogP contribution in [0, 0.1) is 0 Å². The molecule has 0 bridgehead atoms. The molecule has 1 aliphatic heterocycles. The van der Waals surface area contributed by atoms with E-state index in [4.69, 9.17) is 18.9 Å². The summed E-state index contributed by atoms with van der Waals surface area (Å²) in [6.07, 6.45) is -1.08. The summed E-state index contributed by atoms with van der Waals surface area (Å²) >= 11 is 0. The molecule has 3 atom stereocenters. The third-order valence-electron chi connectivity index (χ3n) is 10.8. The fourth-order valence-electron chi connectivity index (χ4n) is 8.31. The maximum Gasteiger partial charge on any atom is 0.143 e. The van der Waals surface area contributed by atoms with Crippen LogP contribution in [0.4, 0.5) is 0 Å². The van der Waals surface area contributed by atoms with Gasteiger partial charge < -0.3 is 24.1 Å². The minimum Gasteiger partial charge on any atom is -0.497 e. The number of rotatable bonds is 9. The van der Waals surface area contributed by atoms with E-state index >= 15 is 0 Å². The quantitative estimate of drug-likeness (QED) is 0.0941. The van der Waals surface area contributed by atoms with Crippen molar-refractivity contribution < 1.29 is 24.1 Å². The van der Waals surface area contributed by atoms with Crippen LogP contribution in [0.5, 0.6) is 11.5 Å². The molecule has 5 nitrogen and oxygen atoms in total. The Hall–Kier alpha value is -5.46. The van der Waals surface area contributed by atoms with Crippen molar-refractivity contribution in [2.75, 3.05) is 20.8 Å². The normalized spacial score (nSPS) is 17.9. The Morgan fingerprint density at radius 3 is 1.71 bits per heavy atom. The third-order valence-corrected chi connectivity index (χ3v) is 10.8. The highest BCUT2D eigenvalue weighted by atomic mass is 16.6. The maximum absolute atomic E-state index is 11.6. The van der Waals surface area contributed by atoms with Crippen molar-refractivity contribution in [3.8, 4) is 11.5 Å². The number of methoxy groups -OCH3 is 2. The van der Waals surface area contributed by atoms with Gasteiger partial charge in [-0.25, -0.2) is 0 Å². The highest BCUT2D eigenvalue weighted by molar-refractivity contribution is 6.33. The van der Waals surface area contributed by atoms with Crippen molar-refractivity contribution in [3.05, 3.63) is 168 Å². The summed E-state index contributed by atoms with van der Waals surface area (Å²) in [5, 5.41) is 21.5. The number of hydrogen-bond acceptors (Lipinski definition) is 5. The van der Waals surface area contributed by atoms with Crippen LogP contribution < -0.4 is 9.47 Å². The Kier molecular flexibility index (Phi) is 7.85. The van der Waals surface area contributed by atoms with Crippen molar-refractivity contribution in [2.45, 2.75) is 30.3 Å². The average molecular weight is 671 g/mol. The van der Waals surface area contributed by atoms with Crippen LogP contribution in [0.3, 0.4) is 0 Å². The number of aliphatic hydroxyl groups is 1. The first-order chi connectivity index (χ1) is 25.1. The molecule has 0 aliphatic carbocycles. The van der Waals surface area contributed by atoms with Gasteiger partial charge in [0.05, 0.1) is 33.0 Å². The molecule has 1 N–H and O–H groups in total. The molecule has 0 saturated carbocycles. The second-order valence-electron chi connectivity index (χ2n) is 13.4. The molecule has 5 heteroatoms. The second-order valence-corrected chi connectivity index (χ2v) is 13.4. The smallest absolute Gasteiger partial charge is 0.143 e. The van der Waals surface area contributed by atoms with E-state index in [2.05, 4.69) is 78.9 Å². The minimum absolute atomic E-state index is 0.168. The van der Waals surface area contributed by atoms with Crippen LogP contribution in [0.1, 0.15) is 34.8 Å². The van der Waals surface area contributed by atoms with Crippen LogP contribution in [0.25, 0.3) is 43.1 Å². The summed E-state index contributed by atoms with van der Waals surface area (Å²) in [5.74, 6) is 1.52. The van der Waals surface area contributed by atoms with E-state index in [-0.39, 0.29) is 12.7 Å². The highest BCUT2D eigenvalue weighted by Gasteiger charge is 2.42. The third kappa shape index (κ3) is 5.11. The van der Waals surface area contributed by atoms with Gasteiger partial charge in [-0.15, -0.1) is 0 Å². The van der Waals surface area contributed by atoms with Crippen molar-refractivity contribution in [2.24, 2.45) is 0 Å². The molecule has 0 spiro atoms. The Bertz CT molecular complexity index is 2370. The molecule has 8 aromatic carbocycles. The first kappa shape index (κ1) is 31.5. The molecule has 1 fully saturated rings. The Morgan fingerprint density at radius 1 is 0.569 bits per heavy atom. The zero-order valence-electron chi connectivity index (χ0n) is 28.6. The molecule has 1 saturated heterocycles. The molecule has 1 aliphatic rings. The summed E-state index contributed by atoms with van der Waals surface area (Å²) < 4.78 is 24.9. The molecular formula is C46H38O5. The van der Waals surface area contributed by atoms with Gasteiger partial charge in [0, 0.05) is 6.42 Å². The zero-order valence-corrected chi connectivity index (χ0v) is 28.6. The van der Waals surface area contributed by atoms with Crippen molar-refractivity contribution in [3.63, 3.8) is 0 Å². The predicted molar refractivity (Wildman–Crippen MR) is 204 cm³/mol. The summed E-state index contributed by atoms with van der Waals surface area (Å²) in [4.78, 5) is 0. The maximum atomic E-state index is 11.6. The van der Waals surface area contributed by atoms with Gasteiger partial charge in [0.1, 0.15) is 23.2 Å². The number of aliphatic hydroxyl groups excluding tert-OH is 1. The lowest BCUT2D eigenvalue weighted by Gasteiger charge is -2.37. The number of benzene rings is 8. The van der Waals surface area contributed by atoms with Crippen molar-refractivity contribution in [1.29, 1.82) is 0 Å².